The lowest BCUT2D eigenvalue weighted by Crippen LogP contribution is -2.35. The van der Waals surface area contributed by atoms with E-state index in [9.17, 15) is 4.79 Å². The zero-order valence-corrected chi connectivity index (χ0v) is 9.35. The summed E-state index contributed by atoms with van der Waals surface area (Å²) in [6.45, 7) is 2.15. The summed E-state index contributed by atoms with van der Waals surface area (Å²) >= 11 is 0. The van der Waals surface area contributed by atoms with Gasteiger partial charge in [0.05, 0.1) is 0 Å². The maximum Gasteiger partial charge on any atom is 0.248 e. The van der Waals surface area contributed by atoms with Crippen LogP contribution >= 0.6 is 0 Å². The zero-order valence-electron chi connectivity index (χ0n) is 9.35. The fourth-order valence-corrected chi connectivity index (χ4v) is 2.07. The van der Waals surface area contributed by atoms with Crippen molar-refractivity contribution in [1.29, 1.82) is 0 Å². The Morgan fingerprint density at radius 1 is 1.31 bits per heavy atom. The second-order valence-electron chi connectivity index (χ2n) is 4.14. The van der Waals surface area contributed by atoms with Crippen LogP contribution in [0.2, 0.25) is 0 Å². The molecule has 2 aliphatic rings. The van der Waals surface area contributed by atoms with Gasteiger partial charge in [-0.15, -0.1) is 0 Å². The molecule has 0 bridgehead atoms. The molecule has 0 aromatic carbocycles. The topological polar surface area (TPSA) is 58.7 Å². The Hall–Kier alpha value is -1.58. The van der Waals surface area contributed by atoms with Crippen molar-refractivity contribution < 1.29 is 4.79 Å². The molecule has 1 amide bonds. The van der Waals surface area contributed by atoms with Crippen molar-refractivity contribution in [2.45, 2.75) is 25.7 Å². The number of nitrogens with zero attached hydrogens (tertiary/aromatic N) is 2. The van der Waals surface area contributed by atoms with E-state index in [4.69, 9.17) is 5.73 Å². The number of carbonyl (C=O) groups excluding carboxylic acids is 1. The molecular weight excluding hydrogens is 202 g/mol. The first kappa shape index (κ1) is 10.9. The van der Waals surface area contributed by atoms with Gasteiger partial charge < -0.3 is 10.6 Å². The lowest BCUT2D eigenvalue weighted by molar-refractivity contribution is -0.114. The van der Waals surface area contributed by atoms with Gasteiger partial charge >= 0.3 is 0 Å². The summed E-state index contributed by atoms with van der Waals surface area (Å²) in [4.78, 5) is 17.7. The lowest BCUT2D eigenvalue weighted by Gasteiger charge is -2.29. The van der Waals surface area contributed by atoms with Crippen LogP contribution < -0.4 is 5.73 Å². The van der Waals surface area contributed by atoms with Gasteiger partial charge in [-0.05, 0) is 25.3 Å². The average molecular weight is 219 g/mol. The first-order valence-electron chi connectivity index (χ1n) is 5.75. The van der Waals surface area contributed by atoms with Crippen molar-refractivity contribution in [3.05, 3.63) is 23.9 Å². The van der Waals surface area contributed by atoms with Crippen molar-refractivity contribution in [3.63, 3.8) is 0 Å². The highest BCUT2D eigenvalue weighted by atomic mass is 16.1. The smallest absolute Gasteiger partial charge is 0.248 e. The summed E-state index contributed by atoms with van der Waals surface area (Å²) in [5, 5.41) is 0. The third-order valence-corrected chi connectivity index (χ3v) is 2.99. The van der Waals surface area contributed by atoms with E-state index in [0.717, 1.165) is 18.9 Å². The molecule has 0 unspecified atom stereocenters. The Bertz CT molecular complexity index is 362. The van der Waals surface area contributed by atoms with E-state index in [0.29, 0.717) is 12.0 Å². The number of aliphatic imine (C=N–C) groups is 1. The summed E-state index contributed by atoms with van der Waals surface area (Å²) in [5.41, 5.74) is 5.79. The van der Waals surface area contributed by atoms with E-state index >= 15 is 0 Å². The maximum atomic E-state index is 11.0. The van der Waals surface area contributed by atoms with Crippen LogP contribution in [-0.4, -0.2) is 29.7 Å². The third-order valence-electron chi connectivity index (χ3n) is 2.99. The minimum Gasteiger partial charge on any atom is -0.366 e. The standard InChI is InChI=1S/C12H17N3O/c13-12(16)10-4-5-11(14-7-6-10)15-8-2-1-3-9-15/h4,6-7H,1-3,5,8-9H2,(H2,13,16). The molecule has 0 aromatic rings. The Balaban J connectivity index is 2.05. The van der Waals surface area contributed by atoms with Crippen LogP contribution in [0, 0.1) is 0 Å². The Labute approximate surface area is 95.5 Å². The lowest BCUT2D eigenvalue weighted by atomic mass is 10.1. The number of likely N-dealkylation sites (tertiary alicyclic amines) is 1. The highest BCUT2D eigenvalue weighted by Gasteiger charge is 2.15. The van der Waals surface area contributed by atoms with E-state index in [1.807, 2.05) is 6.08 Å². The monoisotopic (exact) mass is 219 g/mol. The normalized spacial score (nSPS) is 21.1. The fraction of sp³-hybridized carbons (Fsp3) is 0.500. The molecule has 86 valence electrons. The molecule has 2 heterocycles. The highest BCUT2D eigenvalue weighted by molar-refractivity contribution is 5.96. The maximum absolute atomic E-state index is 11.0. The van der Waals surface area contributed by atoms with Gasteiger partial charge in [-0.2, -0.15) is 0 Å². The molecule has 2 rings (SSSR count). The van der Waals surface area contributed by atoms with Crippen molar-refractivity contribution in [2.75, 3.05) is 13.1 Å². The molecule has 2 aliphatic heterocycles. The van der Waals surface area contributed by atoms with Gasteiger partial charge in [-0.3, -0.25) is 4.79 Å². The molecule has 16 heavy (non-hydrogen) atoms. The number of amidine groups is 1. The number of hydrogen-bond donors (Lipinski definition) is 1. The molecule has 0 atom stereocenters. The summed E-state index contributed by atoms with van der Waals surface area (Å²) in [6, 6.07) is 0. The van der Waals surface area contributed by atoms with Gasteiger partial charge in [0, 0.05) is 31.3 Å². The quantitative estimate of drug-likeness (QED) is 0.720. The van der Waals surface area contributed by atoms with E-state index < -0.39 is 0 Å². The molecule has 2 N–H and O–H groups in total. The highest BCUT2D eigenvalue weighted by Crippen LogP contribution is 2.14. The van der Waals surface area contributed by atoms with Gasteiger partial charge in [0.25, 0.3) is 0 Å². The molecular formula is C12H17N3O. The molecule has 0 spiro atoms. The summed E-state index contributed by atoms with van der Waals surface area (Å²) in [5.74, 6) is 0.665. The predicted octanol–water partition coefficient (Wildman–Crippen LogP) is 1.20. The van der Waals surface area contributed by atoms with Gasteiger partial charge in [-0.1, -0.05) is 6.08 Å². The number of rotatable bonds is 1. The van der Waals surface area contributed by atoms with Crippen LogP contribution in [0.4, 0.5) is 0 Å². The number of primary amides is 1. The van der Waals surface area contributed by atoms with Crippen LogP contribution in [0.25, 0.3) is 0 Å². The predicted molar refractivity (Wildman–Crippen MR) is 63.9 cm³/mol. The van der Waals surface area contributed by atoms with E-state index in [2.05, 4.69) is 9.89 Å². The first-order chi connectivity index (χ1) is 7.77. The Morgan fingerprint density at radius 3 is 2.75 bits per heavy atom. The molecule has 0 aliphatic carbocycles. The van der Waals surface area contributed by atoms with Crippen molar-refractivity contribution in [3.8, 4) is 0 Å². The SMILES string of the molecule is NC(=O)C1=CCC(N2CCCCC2)=NC=C1. The summed E-state index contributed by atoms with van der Waals surface area (Å²) < 4.78 is 0. The summed E-state index contributed by atoms with van der Waals surface area (Å²) in [6.07, 6.45) is 9.68. The van der Waals surface area contributed by atoms with Crippen LogP contribution in [-0.2, 0) is 4.79 Å². The largest absolute Gasteiger partial charge is 0.366 e. The number of amides is 1. The number of carbonyl (C=O) groups is 1. The minimum atomic E-state index is -0.383. The molecule has 0 aromatic heterocycles. The van der Waals surface area contributed by atoms with E-state index in [1.165, 1.54) is 19.3 Å². The zero-order chi connectivity index (χ0) is 11.4. The Kier molecular flexibility index (Phi) is 3.39. The fourth-order valence-electron chi connectivity index (χ4n) is 2.07. The average Bonchev–Trinajstić information content (AvgIpc) is 2.55. The first-order valence-corrected chi connectivity index (χ1v) is 5.75. The van der Waals surface area contributed by atoms with Gasteiger partial charge in [-0.25, -0.2) is 4.99 Å². The molecule has 0 saturated carbocycles. The summed E-state index contributed by atoms with van der Waals surface area (Å²) in [7, 11) is 0. The van der Waals surface area contributed by atoms with Gasteiger partial charge in [0.2, 0.25) is 5.91 Å². The number of nitrogens with two attached hydrogens (primary N) is 1. The number of piperidine rings is 1. The van der Waals surface area contributed by atoms with Crippen molar-refractivity contribution in [2.24, 2.45) is 10.7 Å². The van der Waals surface area contributed by atoms with Crippen molar-refractivity contribution in [1.82, 2.24) is 4.90 Å². The Morgan fingerprint density at radius 2 is 2.06 bits per heavy atom. The molecule has 1 saturated heterocycles. The second kappa shape index (κ2) is 4.96. The minimum absolute atomic E-state index is 0.383. The van der Waals surface area contributed by atoms with E-state index in [-0.39, 0.29) is 5.91 Å². The van der Waals surface area contributed by atoms with Crippen molar-refractivity contribution >= 4 is 11.7 Å². The van der Waals surface area contributed by atoms with E-state index in [1.54, 1.807) is 12.3 Å². The molecule has 0 radical (unpaired) electrons. The van der Waals surface area contributed by atoms with Gasteiger partial charge in [0.15, 0.2) is 0 Å². The molecule has 4 nitrogen and oxygen atoms in total. The van der Waals surface area contributed by atoms with Crippen LogP contribution in [0.15, 0.2) is 28.9 Å². The molecule has 1 fully saturated rings. The molecule has 4 heteroatoms. The van der Waals surface area contributed by atoms with Crippen LogP contribution in [0.1, 0.15) is 25.7 Å². The van der Waals surface area contributed by atoms with Gasteiger partial charge in [0.1, 0.15) is 5.84 Å². The number of hydrogen-bond acceptors (Lipinski definition) is 3. The second-order valence-corrected chi connectivity index (χ2v) is 4.14. The van der Waals surface area contributed by atoms with Crippen LogP contribution in [0.3, 0.4) is 0 Å². The third kappa shape index (κ3) is 2.51. The van der Waals surface area contributed by atoms with Crippen LogP contribution in [0.5, 0.6) is 0 Å².